The summed E-state index contributed by atoms with van der Waals surface area (Å²) in [6, 6.07) is 20.3. The van der Waals surface area contributed by atoms with E-state index in [-0.39, 0.29) is 16.9 Å². The lowest BCUT2D eigenvalue weighted by Crippen LogP contribution is -2.29. The number of ketones is 1. The molecule has 0 saturated heterocycles. The summed E-state index contributed by atoms with van der Waals surface area (Å²) >= 11 is 0. The first-order valence-corrected chi connectivity index (χ1v) is 8.98. The summed E-state index contributed by atoms with van der Waals surface area (Å²) in [4.78, 5) is 37.5. The van der Waals surface area contributed by atoms with Crippen LogP contribution in [0, 0.1) is 0 Å². The number of rotatable bonds is 3. The number of pyridine rings is 1. The van der Waals surface area contributed by atoms with E-state index in [0.29, 0.717) is 38.8 Å². The van der Waals surface area contributed by atoms with Gasteiger partial charge in [0.1, 0.15) is 0 Å². The Bertz CT molecular complexity index is 1380. The second-order valence-corrected chi connectivity index (χ2v) is 6.78. The molecule has 5 rings (SSSR count). The van der Waals surface area contributed by atoms with Gasteiger partial charge in [0.25, 0.3) is 5.56 Å². The molecule has 1 aromatic heterocycles. The predicted octanol–water partition coefficient (Wildman–Crippen LogP) is 3.79. The van der Waals surface area contributed by atoms with Crippen molar-refractivity contribution < 1.29 is 14.7 Å². The van der Waals surface area contributed by atoms with Crippen LogP contribution in [0.1, 0.15) is 26.3 Å². The Hall–Kier alpha value is -4.19. The third-order valence-corrected chi connectivity index (χ3v) is 5.12. The molecule has 1 aliphatic rings. The first-order chi connectivity index (χ1) is 14.1. The molecule has 4 aromatic rings. The largest absolute Gasteiger partial charge is 0.478 e. The lowest BCUT2D eigenvalue weighted by atomic mass is 10.0. The molecule has 1 aliphatic carbocycles. The van der Waals surface area contributed by atoms with Crippen LogP contribution in [0.4, 0.5) is 5.69 Å². The molecule has 29 heavy (non-hydrogen) atoms. The number of nitrogens with one attached hydrogen (secondary N) is 1. The summed E-state index contributed by atoms with van der Waals surface area (Å²) in [7, 11) is 0. The Morgan fingerprint density at radius 1 is 0.793 bits per heavy atom. The number of hydrogen-bond donors (Lipinski definition) is 2. The highest BCUT2D eigenvalue weighted by Crippen LogP contribution is 2.38. The Kier molecular flexibility index (Phi) is 3.61. The standard InChI is InChI=1S/C23H14N2O4/c26-21-17-7-3-2-6-16(17)20-19(21)15-5-1-4-8-18(15)22(27)25(20)24-14-11-9-13(10-12-14)23(28)29/h1-12,24H,(H,28,29). The van der Waals surface area contributed by atoms with Gasteiger partial charge in [0.2, 0.25) is 0 Å². The van der Waals surface area contributed by atoms with Crippen molar-refractivity contribution in [3.05, 3.63) is 99.8 Å². The number of fused-ring (bicyclic) bond motifs is 5. The minimum Gasteiger partial charge on any atom is -0.478 e. The van der Waals surface area contributed by atoms with Crippen molar-refractivity contribution in [2.45, 2.75) is 0 Å². The van der Waals surface area contributed by atoms with Gasteiger partial charge in [-0.05, 0) is 30.3 Å². The van der Waals surface area contributed by atoms with Gasteiger partial charge in [-0.15, -0.1) is 0 Å². The predicted molar refractivity (Wildman–Crippen MR) is 109 cm³/mol. The van der Waals surface area contributed by atoms with Crippen LogP contribution < -0.4 is 11.0 Å². The van der Waals surface area contributed by atoms with E-state index in [1.54, 1.807) is 48.5 Å². The van der Waals surface area contributed by atoms with Crippen LogP contribution >= 0.6 is 0 Å². The molecule has 6 heteroatoms. The fourth-order valence-electron chi connectivity index (χ4n) is 3.78. The van der Waals surface area contributed by atoms with Gasteiger partial charge in [-0.1, -0.05) is 42.5 Å². The Balaban J connectivity index is 1.79. The van der Waals surface area contributed by atoms with Gasteiger partial charge >= 0.3 is 5.97 Å². The summed E-state index contributed by atoms with van der Waals surface area (Å²) in [5.74, 6) is -1.15. The van der Waals surface area contributed by atoms with Crippen molar-refractivity contribution in [2.24, 2.45) is 0 Å². The molecule has 6 nitrogen and oxygen atoms in total. The van der Waals surface area contributed by atoms with Gasteiger partial charge < -0.3 is 5.11 Å². The number of aromatic carboxylic acids is 1. The SMILES string of the molecule is O=C(O)c1ccc(Nn2c3c(c4ccccc4c2=O)C(=O)c2ccccc2-3)cc1. The molecule has 3 aromatic carbocycles. The van der Waals surface area contributed by atoms with Crippen LogP contribution in [-0.4, -0.2) is 21.5 Å². The number of benzene rings is 3. The summed E-state index contributed by atoms with van der Waals surface area (Å²) in [5, 5.41) is 10.1. The number of hydrogen-bond acceptors (Lipinski definition) is 4. The third kappa shape index (κ3) is 2.46. The van der Waals surface area contributed by atoms with Gasteiger partial charge in [-0.2, -0.15) is 0 Å². The van der Waals surface area contributed by atoms with Gasteiger partial charge in [-0.3, -0.25) is 15.0 Å². The van der Waals surface area contributed by atoms with E-state index in [0.717, 1.165) is 0 Å². The normalized spacial score (nSPS) is 11.9. The zero-order chi connectivity index (χ0) is 20.1. The van der Waals surface area contributed by atoms with Crippen LogP contribution in [0.25, 0.3) is 22.0 Å². The highest BCUT2D eigenvalue weighted by molar-refractivity contribution is 6.26. The summed E-state index contributed by atoms with van der Waals surface area (Å²) in [6.07, 6.45) is 0. The van der Waals surface area contributed by atoms with Gasteiger partial charge in [-0.25, -0.2) is 9.47 Å². The van der Waals surface area contributed by atoms with Gasteiger partial charge in [0.05, 0.1) is 22.5 Å². The molecule has 0 bridgehead atoms. The van der Waals surface area contributed by atoms with E-state index in [2.05, 4.69) is 5.43 Å². The number of anilines is 1. The maximum atomic E-state index is 13.3. The molecule has 0 saturated carbocycles. The number of carbonyl (C=O) groups is 2. The van der Waals surface area contributed by atoms with Crippen LogP contribution in [0.3, 0.4) is 0 Å². The molecular formula is C23H14N2O4. The summed E-state index contributed by atoms with van der Waals surface area (Å²) < 4.78 is 1.37. The number of carboxylic acids is 1. The van der Waals surface area contributed by atoms with Crippen molar-refractivity contribution in [1.29, 1.82) is 0 Å². The maximum absolute atomic E-state index is 13.3. The molecule has 0 aliphatic heterocycles. The fourth-order valence-corrected chi connectivity index (χ4v) is 3.78. The molecule has 0 atom stereocenters. The lowest BCUT2D eigenvalue weighted by Gasteiger charge is -2.17. The molecule has 1 heterocycles. The first-order valence-electron chi connectivity index (χ1n) is 8.98. The minimum absolute atomic E-state index is 0.122. The van der Waals surface area contributed by atoms with Crippen LogP contribution in [0.2, 0.25) is 0 Å². The van der Waals surface area contributed by atoms with E-state index in [9.17, 15) is 14.4 Å². The van der Waals surface area contributed by atoms with Crippen molar-refractivity contribution in [1.82, 2.24) is 4.68 Å². The number of aromatic nitrogens is 1. The van der Waals surface area contributed by atoms with Crippen molar-refractivity contribution in [3.8, 4) is 11.3 Å². The molecule has 0 radical (unpaired) electrons. The van der Waals surface area contributed by atoms with Crippen LogP contribution in [0.5, 0.6) is 0 Å². The average Bonchev–Trinajstić information content (AvgIpc) is 3.04. The molecular weight excluding hydrogens is 368 g/mol. The highest BCUT2D eigenvalue weighted by atomic mass is 16.4. The van der Waals surface area contributed by atoms with E-state index >= 15 is 0 Å². The Labute approximate surface area is 164 Å². The monoisotopic (exact) mass is 382 g/mol. The lowest BCUT2D eigenvalue weighted by molar-refractivity contribution is 0.0696. The fraction of sp³-hybridized carbons (Fsp3) is 0. The molecule has 2 N–H and O–H groups in total. The number of nitrogens with zero attached hydrogens (tertiary/aromatic N) is 1. The van der Waals surface area contributed by atoms with E-state index in [4.69, 9.17) is 5.11 Å². The van der Waals surface area contributed by atoms with Crippen molar-refractivity contribution in [2.75, 3.05) is 5.43 Å². The third-order valence-electron chi connectivity index (χ3n) is 5.12. The Morgan fingerprint density at radius 2 is 1.41 bits per heavy atom. The average molecular weight is 382 g/mol. The topological polar surface area (TPSA) is 88.4 Å². The molecule has 0 spiro atoms. The second-order valence-electron chi connectivity index (χ2n) is 6.78. The zero-order valence-electron chi connectivity index (χ0n) is 15.0. The zero-order valence-corrected chi connectivity index (χ0v) is 15.0. The minimum atomic E-state index is -1.03. The van der Waals surface area contributed by atoms with Gasteiger partial charge in [0.15, 0.2) is 5.78 Å². The van der Waals surface area contributed by atoms with E-state index < -0.39 is 5.97 Å². The first kappa shape index (κ1) is 16.9. The molecule has 0 amide bonds. The Morgan fingerprint density at radius 3 is 2.10 bits per heavy atom. The smallest absolute Gasteiger partial charge is 0.335 e. The van der Waals surface area contributed by atoms with Crippen molar-refractivity contribution >= 4 is 28.2 Å². The van der Waals surface area contributed by atoms with E-state index in [1.807, 2.05) is 12.1 Å². The number of carbonyl (C=O) groups excluding carboxylic acids is 1. The van der Waals surface area contributed by atoms with E-state index in [1.165, 1.54) is 16.8 Å². The molecule has 140 valence electrons. The van der Waals surface area contributed by atoms with Crippen LogP contribution in [-0.2, 0) is 0 Å². The maximum Gasteiger partial charge on any atom is 0.335 e. The summed E-state index contributed by atoms with van der Waals surface area (Å²) in [6.45, 7) is 0. The quantitative estimate of drug-likeness (QED) is 0.496. The van der Waals surface area contributed by atoms with Gasteiger partial charge in [0, 0.05) is 21.9 Å². The molecule has 0 fully saturated rings. The second kappa shape index (κ2) is 6.17. The number of carboxylic acid groups (broad SMARTS) is 1. The van der Waals surface area contributed by atoms with Crippen LogP contribution in [0.15, 0.2) is 77.6 Å². The molecule has 0 unspecified atom stereocenters. The summed E-state index contributed by atoms with van der Waals surface area (Å²) in [5.41, 5.74) is 5.67. The van der Waals surface area contributed by atoms with Crippen molar-refractivity contribution in [3.63, 3.8) is 0 Å². The highest BCUT2D eigenvalue weighted by Gasteiger charge is 2.32.